The van der Waals surface area contributed by atoms with Gasteiger partial charge in [-0.2, -0.15) is 0 Å². The van der Waals surface area contributed by atoms with Crippen molar-refractivity contribution in [2.45, 2.75) is 24.7 Å². The van der Waals surface area contributed by atoms with E-state index >= 15 is 0 Å². The standard InChI is InChI=1S/C12H14OS/c1-2-3-5-10-12(13)14-11-8-6-4-7-9-11/h3-9H,2,10H2,1H3/b5-3-. The first-order valence-electron chi connectivity index (χ1n) is 4.73. The maximum absolute atomic E-state index is 11.4. The Hall–Kier alpha value is -1.02. The highest BCUT2D eigenvalue weighted by Crippen LogP contribution is 2.19. The Bertz CT molecular complexity index is 303. The van der Waals surface area contributed by atoms with Crippen molar-refractivity contribution in [3.8, 4) is 0 Å². The van der Waals surface area contributed by atoms with Crippen molar-refractivity contribution in [2.75, 3.05) is 0 Å². The summed E-state index contributed by atoms with van der Waals surface area (Å²) >= 11 is 1.30. The fourth-order valence-corrected chi connectivity index (χ4v) is 1.74. The molecule has 1 aromatic rings. The Labute approximate surface area is 89.2 Å². The van der Waals surface area contributed by atoms with Gasteiger partial charge in [-0.25, -0.2) is 0 Å². The van der Waals surface area contributed by atoms with Crippen LogP contribution in [0.4, 0.5) is 0 Å². The van der Waals surface area contributed by atoms with Crippen molar-refractivity contribution in [1.29, 1.82) is 0 Å². The Kier molecular flexibility index (Phi) is 5.08. The molecule has 0 bridgehead atoms. The van der Waals surface area contributed by atoms with Gasteiger partial charge in [0.1, 0.15) is 0 Å². The van der Waals surface area contributed by atoms with E-state index in [0.717, 1.165) is 11.3 Å². The summed E-state index contributed by atoms with van der Waals surface area (Å²) in [4.78, 5) is 12.4. The highest BCUT2D eigenvalue weighted by atomic mass is 32.2. The van der Waals surface area contributed by atoms with Crippen molar-refractivity contribution < 1.29 is 4.79 Å². The first-order valence-corrected chi connectivity index (χ1v) is 5.55. The maximum Gasteiger partial charge on any atom is 0.197 e. The largest absolute Gasteiger partial charge is 0.286 e. The van der Waals surface area contributed by atoms with Crippen molar-refractivity contribution in [2.24, 2.45) is 0 Å². The van der Waals surface area contributed by atoms with Crippen LogP contribution in [0.1, 0.15) is 19.8 Å². The molecule has 0 saturated carbocycles. The Morgan fingerprint density at radius 2 is 2.00 bits per heavy atom. The maximum atomic E-state index is 11.4. The molecule has 0 atom stereocenters. The molecule has 0 aromatic heterocycles. The zero-order chi connectivity index (χ0) is 10.2. The number of hydrogen-bond acceptors (Lipinski definition) is 2. The highest BCUT2D eigenvalue weighted by Gasteiger charge is 2.00. The van der Waals surface area contributed by atoms with Gasteiger partial charge in [0.2, 0.25) is 0 Å². The third-order valence-electron chi connectivity index (χ3n) is 1.66. The summed E-state index contributed by atoms with van der Waals surface area (Å²) in [6, 6.07) is 9.73. The van der Waals surface area contributed by atoms with Gasteiger partial charge in [0.25, 0.3) is 0 Å². The average Bonchev–Trinajstić information content (AvgIpc) is 2.20. The summed E-state index contributed by atoms with van der Waals surface area (Å²) in [7, 11) is 0. The molecule has 1 nitrogen and oxygen atoms in total. The van der Waals surface area contributed by atoms with Crippen LogP contribution in [0.3, 0.4) is 0 Å². The predicted octanol–water partition coefficient (Wildman–Crippen LogP) is 3.66. The minimum atomic E-state index is 0.195. The van der Waals surface area contributed by atoms with Gasteiger partial charge in [0, 0.05) is 11.3 Å². The smallest absolute Gasteiger partial charge is 0.197 e. The van der Waals surface area contributed by atoms with Crippen LogP contribution in [0.5, 0.6) is 0 Å². The Morgan fingerprint density at radius 3 is 2.64 bits per heavy atom. The molecule has 0 radical (unpaired) electrons. The van der Waals surface area contributed by atoms with Crippen LogP contribution in [0.15, 0.2) is 47.4 Å². The van der Waals surface area contributed by atoms with E-state index in [-0.39, 0.29) is 5.12 Å². The minimum Gasteiger partial charge on any atom is -0.286 e. The monoisotopic (exact) mass is 206 g/mol. The lowest BCUT2D eigenvalue weighted by Gasteiger charge is -1.96. The van der Waals surface area contributed by atoms with Gasteiger partial charge in [0.05, 0.1) is 0 Å². The number of carbonyl (C=O) groups excluding carboxylic acids is 1. The number of rotatable bonds is 4. The second-order valence-corrected chi connectivity index (χ2v) is 4.00. The zero-order valence-electron chi connectivity index (χ0n) is 8.27. The van der Waals surface area contributed by atoms with Gasteiger partial charge in [0.15, 0.2) is 5.12 Å². The second-order valence-electron chi connectivity index (χ2n) is 2.87. The van der Waals surface area contributed by atoms with E-state index < -0.39 is 0 Å². The fraction of sp³-hybridized carbons (Fsp3) is 0.250. The van der Waals surface area contributed by atoms with Gasteiger partial charge in [-0.1, -0.05) is 49.0 Å². The molecule has 0 aliphatic heterocycles. The topological polar surface area (TPSA) is 17.1 Å². The van der Waals surface area contributed by atoms with E-state index in [0.29, 0.717) is 6.42 Å². The van der Waals surface area contributed by atoms with Crippen LogP contribution in [-0.4, -0.2) is 5.12 Å². The van der Waals surface area contributed by atoms with Crippen molar-refractivity contribution in [3.63, 3.8) is 0 Å². The summed E-state index contributed by atoms with van der Waals surface area (Å²) in [6.07, 6.45) is 5.46. The van der Waals surface area contributed by atoms with Crippen LogP contribution in [-0.2, 0) is 4.79 Å². The predicted molar refractivity (Wildman–Crippen MR) is 61.4 cm³/mol. The molecule has 1 aromatic carbocycles. The third kappa shape index (κ3) is 4.28. The van der Waals surface area contributed by atoms with Crippen LogP contribution in [0.25, 0.3) is 0 Å². The zero-order valence-corrected chi connectivity index (χ0v) is 9.09. The molecule has 0 fully saturated rings. The number of allylic oxidation sites excluding steroid dienone is 2. The summed E-state index contributed by atoms with van der Waals surface area (Å²) in [5, 5.41) is 0.195. The van der Waals surface area contributed by atoms with Gasteiger partial charge < -0.3 is 0 Å². The molecule has 0 saturated heterocycles. The third-order valence-corrected chi connectivity index (χ3v) is 2.56. The van der Waals surface area contributed by atoms with Crippen molar-refractivity contribution in [1.82, 2.24) is 0 Å². The molecular formula is C12H14OS. The van der Waals surface area contributed by atoms with E-state index in [4.69, 9.17) is 0 Å². The van der Waals surface area contributed by atoms with Crippen LogP contribution < -0.4 is 0 Å². The summed E-state index contributed by atoms with van der Waals surface area (Å²) in [5.74, 6) is 0. The number of thioether (sulfide) groups is 1. The molecule has 0 aliphatic carbocycles. The molecule has 0 unspecified atom stereocenters. The second kappa shape index (κ2) is 6.44. The van der Waals surface area contributed by atoms with Crippen molar-refractivity contribution in [3.05, 3.63) is 42.5 Å². The van der Waals surface area contributed by atoms with Crippen LogP contribution in [0.2, 0.25) is 0 Å². The summed E-state index contributed by atoms with van der Waals surface area (Å²) < 4.78 is 0. The lowest BCUT2D eigenvalue weighted by molar-refractivity contribution is -0.110. The van der Waals surface area contributed by atoms with Crippen molar-refractivity contribution >= 4 is 16.9 Å². The number of benzene rings is 1. The van der Waals surface area contributed by atoms with Crippen LogP contribution in [0, 0.1) is 0 Å². The van der Waals surface area contributed by atoms with E-state index in [2.05, 4.69) is 6.92 Å². The molecule has 0 N–H and O–H groups in total. The molecule has 14 heavy (non-hydrogen) atoms. The summed E-state index contributed by atoms with van der Waals surface area (Å²) in [6.45, 7) is 2.06. The molecule has 74 valence electrons. The Balaban J connectivity index is 2.38. The minimum absolute atomic E-state index is 0.195. The number of hydrogen-bond donors (Lipinski definition) is 0. The molecule has 1 rings (SSSR count). The van der Waals surface area contributed by atoms with E-state index in [1.165, 1.54) is 11.8 Å². The molecule has 0 amide bonds. The molecule has 0 spiro atoms. The SMILES string of the molecule is CC/C=C\CC(=O)Sc1ccccc1. The molecule has 0 aliphatic rings. The lowest BCUT2D eigenvalue weighted by Crippen LogP contribution is -1.87. The molecular weight excluding hydrogens is 192 g/mol. The van der Waals surface area contributed by atoms with E-state index in [1.807, 2.05) is 42.5 Å². The Morgan fingerprint density at radius 1 is 1.29 bits per heavy atom. The summed E-state index contributed by atoms with van der Waals surface area (Å²) in [5.41, 5.74) is 0. The quantitative estimate of drug-likeness (QED) is 0.552. The average molecular weight is 206 g/mol. The fourth-order valence-electron chi connectivity index (χ4n) is 1.01. The van der Waals surface area contributed by atoms with Gasteiger partial charge in [-0.15, -0.1) is 0 Å². The van der Waals surface area contributed by atoms with E-state index in [9.17, 15) is 4.79 Å². The van der Waals surface area contributed by atoms with Gasteiger partial charge >= 0.3 is 0 Å². The van der Waals surface area contributed by atoms with Gasteiger partial charge in [-0.05, 0) is 18.6 Å². The van der Waals surface area contributed by atoms with E-state index in [1.54, 1.807) is 0 Å². The number of carbonyl (C=O) groups is 1. The lowest BCUT2D eigenvalue weighted by atomic mass is 10.3. The molecule has 2 heteroatoms. The highest BCUT2D eigenvalue weighted by molar-refractivity contribution is 8.13. The van der Waals surface area contributed by atoms with Gasteiger partial charge in [-0.3, -0.25) is 4.79 Å². The normalized spacial score (nSPS) is 10.6. The van der Waals surface area contributed by atoms with Crippen LogP contribution >= 0.6 is 11.8 Å². The first kappa shape index (κ1) is 11.1. The molecule has 0 heterocycles. The first-order chi connectivity index (χ1) is 6.83.